The number of amides is 1. The molecule has 0 aliphatic carbocycles. The van der Waals surface area contributed by atoms with Crippen molar-refractivity contribution in [1.82, 2.24) is 4.98 Å². The SMILES string of the molecule is COc1nccc2c(S(N)(=O)=O)cc(NC(=O)Cc3ccc(Cl)cc3Cl)cc12. The van der Waals surface area contributed by atoms with Crippen molar-refractivity contribution in [2.24, 2.45) is 5.14 Å². The lowest BCUT2D eigenvalue weighted by Gasteiger charge is -2.12. The first kappa shape index (κ1) is 20.3. The second kappa shape index (κ2) is 7.92. The summed E-state index contributed by atoms with van der Waals surface area (Å²) >= 11 is 12.0. The number of sulfonamides is 1. The minimum atomic E-state index is -4.05. The van der Waals surface area contributed by atoms with Crippen LogP contribution in [-0.2, 0) is 21.2 Å². The van der Waals surface area contributed by atoms with E-state index < -0.39 is 15.9 Å². The standard InChI is InChI=1S/C18H15Cl2N3O4S/c1-27-18-14-8-12(9-16(28(21,25)26)13(14)4-5-22-18)23-17(24)6-10-2-3-11(19)7-15(10)20/h2-5,7-9H,6H2,1H3,(H,23,24)(H2,21,25,26). The third-order valence-corrected chi connectivity index (χ3v) is 5.49. The van der Waals surface area contributed by atoms with Crippen molar-refractivity contribution >= 4 is 55.6 Å². The van der Waals surface area contributed by atoms with Gasteiger partial charge in [-0.15, -0.1) is 0 Å². The average molecular weight is 440 g/mol. The molecule has 0 radical (unpaired) electrons. The zero-order chi connectivity index (χ0) is 20.5. The minimum absolute atomic E-state index is 0.0249. The van der Waals surface area contributed by atoms with Crippen LogP contribution in [0.1, 0.15) is 5.56 Å². The van der Waals surface area contributed by atoms with Crippen LogP contribution in [0.15, 0.2) is 47.5 Å². The molecule has 146 valence electrons. The Balaban J connectivity index is 1.99. The van der Waals surface area contributed by atoms with Gasteiger partial charge in [-0.05, 0) is 35.9 Å². The summed E-state index contributed by atoms with van der Waals surface area (Å²) < 4.78 is 29.2. The van der Waals surface area contributed by atoms with Gasteiger partial charge in [0.2, 0.25) is 21.8 Å². The molecule has 0 fully saturated rings. The number of halogens is 2. The number of nitrogens with zero attached hydrogens (tertiary/aromatic N) is 1. The zero-order valence-electron chi connectivity index (χ0n) is 14.6. The van der Waals surface area contributed by atoms with E-state index in [1.54, 1.807) is 18.2 Å². The van der Waals surface area contributed by atoms with Crippen LogP contribution in [-0.4, -0.2) is 26.4 Å². The first-order valence-corrected chi connectivity index (χ1v) is 10.2. The number of hydrogen-bond acceptors (Lipinski definition) is 5. The van der Waals surface area contributed by atoms with Gasteiger partial charge >= 0.3 is 0 Å². The molecule has 2 aromatic carbocycles. The van der Waals surface area contributed by atoms with Gasteiger partial charge in [0, 0.05) is 32.7 Å². The van der Waals surface area contributed by atoms with Crippen molar-refractivity contribution in [3.63, 3.8) is 0 Å². The van der Waals surface area contributed by atoms with E-state index in [4.69, 9.17) is 33.1 Å². The van der Waals surface area contributed by atoms with Crippen molar-refractivity contribution in [3.8, 4) is 5.88 Å². The highest BCUT2D eigenvalue weighted by Gasteiger charge is 2.18. The van der Waals surface area contributed by atoms with Crippen LogP contribution in [0.5, 0.6) is 5.88 Å². The van der Waals surface area contributed by atoms with E-state index in [9.17, 15) is 13.2 Å². The molecule has 1 aromatic heterocycles. The summed E-state index contributed by atoms with van der Waals surface area (Å²) in [6, 6.07) is 9.18. The maximum atomic E-state index is 12.4. The number of carbonyl (C=O) groups excluding carboxylic acids is 1. The van der Waals surface area contributed by atoms with Gasteiger partial charge in [0.25, 0.3) is 0 Å². The van der Waals surface area contributed by atoms with Crippen LogP contribution >= 0.6 is 23.2 Å². The van der Waals surface area contributed by atoms with Crippen molar-refractivity contribution in [3.05, 3.63) is 58.2 Å². The largest absolute Gasteiger partial charge is 0.481 e. The highest BCUT2D eigenvalue weighted by Crippen LogP contribution is 2.32. The Morgan fingerprint density at radius 2 is 1.93 bits per heavy atom. The first-order valence-electron chi connectivity index (χ1n) is 7.92. The molecule has 0 atom stereocenters. The Morgan fingerprint density at radius 3 is 2.57 bits per heavy atom. The van der Waals surface area contributed by atoms with E-state index in [1.807, 2.05) is 0 Å². The third kappa shape index (κ3) is 4.36. The van der Waals surface area contributed by atoms with Crippen LogP contribution in [0, 0.1) is 0 Å². The van der Waals surface area contributed by atoms with E-state index in [0.29, 0.717) is 26.4 Å². The van der Waals surface area contributed by atoms with E-state index >= 15 is 0 Å². The van der Waals surface area contributed by atoms with Gasteiger partial charge in [0.05, 0.1) is 18.4 Å². The summed E-state index contributed by atoms with van der Waals surface area (Å²) in [6.45, 7) is 0. The fourth-order valence-corrected chi connectivity index (χ4v) is 3.99. The van der Waals surface area contributed by atoms with Crippen molar-refractivity contribution < 1.29 is 17.9 Å². The molecule has 3 rings (SSSR count). The average Bonchev–Trinajstić information content (AvgIpc) is 2.62. The molecule has 1 heterocycles. The molecule has 10 heteroatoms. The monoisotopic (exact) mass is 439 g/mol. The summed E-state index contributed by atoms with van der Waals surface area (Å²) in [5.41, 5.74) is 0.813. The number of nitrogens with two attached hydrogens (primary N) is 1. The van der Waals surface area contributed by atoms with E-state index in [0.717, 1.165) is 0 Å². The number of rotatable bonds is 5. The minimum Gasteiger partial charge on any atom is -0.481 e. The first-order chi connectivity index (χ1) is 13.2. The van der Waals surface area contributed by atoms with Crippen LogP contribution in [0.3, 0.4) is 0 Å². The second-order valence-corrected chi connectivity index (χ2v) is 8.27. The molecule has 0 aliphatic heterocycles. The number of benzene rings is 2. The molecule has 0 spiro atoms. The van der Waals surface area contributed by atoms with Gasteiger partial charge in [0.15, 0.2) is 0 Å². The van der Waals surface area contributed by atoms with Crippen molar-refractivity contribution in [2.45, 2.75) is 11.3 Å². The van der Waals surface area contributed by atoms with E-state index in [2.05, 4.69) is 10.3 Å². The number of nitrogens with one attached hydrogen (secondary N) is 1. The molecule has 0 saturated heterocycles. The van der Waals surface area contributed by atoms with Crippen LogP contribution in [0.25, 0.3) is 10.8 Å². The number of primary sulfonamides is 1. The fraction of sp³-hybridized carbons (Fsp3) is 0.111. The highest BCUT2D eigenvalue weighted by molar-refractivity contribution is 7.89. The number of pyridine rings is 1. The van der Waals surface area contributed by atoms with Gasteiger partial charge < -0.3 is 10.1 Å². The van der Waals surface area contributed by atoms with Crippen LogP contribution in [0.4, 0.5) is 5.69 Å². The lowest BCUT2D eigenvalue weighted by Crippen LogP contribution is -2.17. The number of anilines is 1. The fourth-order valence-electron chi connectivity index (χ4n) is 2.74. The van der Waals surface area contributed by atoms with Crippen molar-refractivity contribution in [1.29, 1.82) is 0 Å². The molecule has 28 heavy (non-hydrogen) atoms. The number of ether oxygens (including phenoxy) is 1. The summed E-state index contributed by atoms with van der Waals surface area (Å²) in [7, 11) is -2.64. The van der Waals surface area contributed by atoms with Crippen LogP contribution < -0.4 is 15.2 Å². The molecular weight excluding hydrogens is 425 g/mol. The topological polar surface area (TPSA) is 111 Å². The Labute approximate surface area is 171 Å². The molecule has 1 amide bonds. The Hall–Kier alpha value is -2.39. The molecule has 7 nitrogen and oxygen atoms in total. The van der Waals surface area contributed by atoms with Gasteiger partial charge in [-0.25, -0.2) is 18.5 Å². The smallest absolute Gasteiger partial charge is 0.238 e. The van der Waals surface area contributed by atoms with E-state index in [1.165, 1.54) is 31.5 Å². The lowest BCUT2D eigenvalue weighted by molar-refractivity contribution is -0.115. The summed E-state index contributed by atoms with van der Waals surface area (Å²) in [5, 5.41) is 9.55. The zero-order valence-corrected chi connectivity index (χ0v) is 16.9. The third-order valence-electron chi connectivity index (χ3n) is 3.96. The molecule has 0 aliphatic rings. The molecule has 0 saturated carbocycles. The molecule has 0 bridgehead atoms. The highest BCUT2D eigenvalue weighted by atomic mass is 35.5. The number of methoxy groups -OCH3 is 1. The van der Waals surface area contributed by atoms with Gasteiger partial charge in [0.1, 0.15) is 0 Å². The number of carbonyl (C=O) groups is 1. The molecule has 0 unspecified atom stereocenters. The van der Waals surface area contributed by atoms with Crippen LogP contribution in [0.2, 0.25) is 10.0 Å². The second-order valence-electron chi connectivity index (χ2n) is 5.90. The van der Waals surface area contributed by atoms with Gasteiger partial charge in [-0.3, -0.25) is 4.79 Å². The molecular formula is C18H15Cl2N3O4S. The van der Waals surface area contributed by atoms with E-state index in [-0.39, 0.29) is 22.9 Å². The Bertz CT molecular complexity index is 1180. The number of fused-ring (bicyclic) bond motifs is 1. The maximum Gasteiger partial charge on any atom is 0.238 e. The molecule has 3 aromatic rings. The quantitative estimate of drug-likeness (QED) is 0.632. The lowest BCUT2D eigenvalue weighted by atomic mass is 10.1. The Kier molecular flexibility index (Phi) is 5.76. The van der Waals surface area contributed by atoms with Gasteiger partial charge in [-0.1, -0.05) is 29.3 Å². The predicted molar refractivity (Wildman–Crippen MR) is 108 cm³/mol. The summed E-state index contributed by atoms with van der Waals surface area (Å²) in [6.07, 6.45) is 1.39. The molecule has 3 N–H and O–H groups in total. The van der Waals surface area contributed by atoms with Gasteiger partial charge in [-0.2, -0.15) is 0 Å². The summed E-state index contributed by atoms with van der Waals surface area (Å²) in [5.74, 6) is -0.189. The van der Waals surface area contributed by atoms with Crippen molar-refractivity contribution in [2.75, 3.05) is 12.4 Å². The number of hydrogen-bond donors (Lipinski definition) is 2. The Morgan fingerprint density at radius 1 is 1.18 bits per heavy atom. The maximum absolute atomic E-state index is 12.4. The normalized spacial score (nSPS) is 11.4. The number of aromatic nitrogens is 1. The summed E-state index contributed by atoms with van der Waals surface area (Å²) in [4.78, 5) is 16.3. The predicted octanol–water partition coefficient (Wildman–Crippen LogP) is 3.38.